The molecule has 0 aliphatic heterocycles. The lowest BCUT2D eigenvalue weighted by Crippen LogP contribution is -2.25. The van der Waals surface area contributed by atoms with Crippen LogP contribution < -0.4 is 4.74 Å². The maximum atomic E-state index is 14.6. The third kappa shape index (κ3) is 6.76. The van der Waals surface area contributed by atoms with Crippen LogP contribution in [-0.2, 0) is 18.7 Å². The third-order valence-corrected chi connectivity index (χ3v) is 5.49. The van der Waals surface area contributed by atoms with Crippen LogP contribution in [0.1, 0.15) is 34.2 Å². The maximum absolute atomic E-state index is 14.6. The average Bonchev–Trinajstić information content (AvgIpc) is 2.74. The van der Waals surface area contributed by atoms with Crippen molar-refractivity contribution >= 4 is 23.2 Å². The van der Waals surface area contributed by atoms with Gasteiger partial charge in [-0.3, -0.25) is 0 Å². The van der Waals surface area contributed by atoms with Gasteiger partial charge in [0.1, 0.15) is 28.8 Å². The Morgan fingerprint density at radius 3 is 1.92 bits per heavy atom. The molecule has 0 N–H and O–H groups in total. The molecule has 11 heteroatoms. The number of rotatable bonds is 6. The number of hydrogen-bond acceptors (Lipinski definition) is 1. The Kier molecular flexibility index (Phi) is 8.45. The van der Waals surface area contributed by atoms with Gasteiger partial charge in [0, 0.05) is 5.56 Å². The van der Waals surface area contributed by atoms with E-state index in [1.807, 2.05) is 0 Å². The van der Waals surface area contributed by atoms with Gasteiger partial charge < -0.3 is 4.74 Å². The zero-order chi connectivity index (χ0) is 27.5. The molecule has 0 bridgehead atoms. The summed E-state index contributed by atoms with van der Waals surface area (Å²) in [6, 6.07) is 5.95. The molecule has 0 atom stereocenters. The van der Waals surface area contributed by atoms with E-state index in [4.69, 9.17) is 23.2 Å². The van der Waals surface area contributed by atoms with E-state index in [0.29, 0.717) is 42.7 Å². The van der Waals surface area contributed by atoms with Crippen LogP contribution in [0.2, 0.25) is 10.0 Å². The van der Waals surface area contributed by atoms with Gasteiger partial charge in [-0.05, 0) is 54.8 Å². The fourth-order valence-corrected chi connectivity index (χ4v) is 3.91. The fraction of sp³-hybridized carbons (Fsp3) is 0.154. The highest BCUT2D eigenvalue weighted by atomic mass is 35.5. The van der Waals surface area contributed by atoms with Gasteiger partial charge in [-0.2, -0.15) is 22.0 Å². The van der Waals surface area contributed by atoms with E-state index in [0.717, 1.165) is 0 Å². The first-order valence-corrected chi connectivity index (χ1v) is 11.0. The van der Waals surface area contributed by atoms with E-state index in [9.17, 15) is 35.1 Å². The Bertz CT molecular complexity index is 1360. The van der Waals surface area contributed by atoms with Gasteiger partial charge in [0.05, 0.1) is 21.2 Å². The maximum Gasteiger partial charge on any atom is 0.432 e. The fourth-order valence-electron chi connectivity index (χ4n) is 3.23. The molecule has 0 radical (unpaired) electrons. The molecule has 37 heavy (non-hydrogen) atoms. The molecule has 194 valence electrons. The summed E-state index contributed by atoms with van der Waals surface area (Å²) in [7, 11) is 0. The second-order valence-electron chi connectivity index (χ2n) is 7.58. The summed E-state index contributed by atoms with van der Waals surface area (Å²) in [5, 5.41) is -2.11. The number of aryl methyl sites for hydroxylation is 1. The first kappa shape index (κ1) is 28.4. The minimum atomic E-state index is -4.99. The standard InChI is InChI=1S/C26H14Cl2F8O/c1-2-3-4-14-5-7-16(20(29)9-14)8-6-15-10-21(30)24(22(31)11-15)26(35,36)37-17-12-18(27)23(19(28)13-17)25(32,33)34/h2,5,7,9-13H,1,3-4H2. The molecule has 0 aromatic heterocycles. The first-order valence-electron chi connectivity index (χ1n) is 10.3. The molecular weight excluding hydrogens is 551 g/mol. The van der Waals surface area contributed by atoms with E-state index in [2.05, 4.69) is 23.2 Å². The summed E-state index contributed by atoms with van der Waals surface area (Å²) in [6.45, 7) is 3.57. The number of hydrogen-bond donors (Lipinski definition) is 0. The van der Waals surface area contributed by atoms with Gasteiger partial charge in [-0.25, -0.2) is 13.2 Å². The molecule has 3 aromatic rings. The molecule has 0 amide bonds. The quantitative estimate of drug-likeness (QED) is 0.165. The minimum absolute atomic E-state index is 0.0861. The van der Waals surface area contributed by atoms with Gasteiger partial charge in [-0.1, -0.05) is 47.2 Å². The predicted molar refractivity (Wildman–Crippen MR) is 123 cm³/mol. The van der Waals surface area contributed by atoms with Gasteiger partial charge >= 0.3 is 12.3 Å². The lowest BCUT2D eigenvalue weighted by Gasteiger charge is -2.21. The summed E-state index contributed by atoms with van der Waals surface area (Å²) < 4.78 is 116. The van der Waals surface area contributed by atoms with Gasteiger partial charge in [0.25, 0.3) is 0 Å². The largest absolute Gasteiger partial charge is 0.432 e. The van der Waals surface area contributed by atoms with Crippen molar-refractivity contribution in [1.82, 2.24) is 0 Å². The van der Waals surface area contributed by atoms with Crippen LogP contribution in [-0.4, -0.2) is 0 Å². The summed E-state index contributed by atoms with van der Waals surface area (Å²) in [5.74, 6) is -0.507. The summed E-state index contributed by atoms with van der Waals surface area (Å²) in [6.07, 6.45) is -6.82. The molecule has 3 aromatic carbocycles. The highest BCUT2D eigenvalue weighted by Gasteiger charge is 2.42. The molecule has 0 fully saturated rings. The Morgan fingerprint density at radius 2 is 1.41 bits per heavy atom. The van der Waals surface area contributed by atoms with E-state index >= 15 is 0 Å². The molecular formula is C26H14Cl2F8O. The van der Waals surface area contributed by atoms with Gasteiger partial charge in [0.2, 0.25) is 0 Å². The Labute approximate surface area is 216 Å². The third-order valence-electron chi connectivity index (χ3n) is 4.89. The second kappa shape index (κ2) is 11.0. The summed E-state index contributed by atoms with van der Waals surface area (Å²) in [5.41, 5.74) is -3.11. The second-order valence-corrected chi connectivity index (χ2v) is 8.40. The monoisotopic (exact) mass is 564 g/mol. The number of ether oxygens (including phenoxy) is 1. The molecule has 3 rings (SSSR count). The molecule has 0 saturated heterocycles. The normalized spacial score (nSPS) is 11.6. The lowest BCUT2D eigenvalue weighted by atomic mass is 10.1. The molecule has 0 spiro atoms. The van der Waals surface area contributed by atoms with Crippen molar-refractivity contribution in [1.29, 1.82) is 0 Å². The van der Waals surface area contributed by atoms with Crippen LogP contribution in [0.25, 0.3) is 0 Å². The van der Waals surface area contributed by atoms with Crippen molar-refractivity contribution in [2.45, 2.75) is 25.1 Å². The lowest BCUT2D eigenvalue weighted by molar-refractivity contribution is -0.189. The highest BCUT2D eigenvalue weighted by molar-refractivity contribution is 6.36. The molecule has 0 aliphatic carbocycles. The van der Waals surface area contributed by atoms with E-state index in [1.54, 1.807) is 12.1 Å². The Hall–Kier alpha value is -3.22. The minimum Gasteiger partial charge on any atom is -0.429 e. The van der Waals surface area contributed by atoms with Gasteiger partial charge in [0.15, 0.2) is 0 Å². The molecule has 0 heterocycles. The molecule has 1 nitrogen and oxygen atoms in total. The van der Waals surface area contributed by atoms with Crippen LogP contribution >= 0.6 is 23.2 Å². The van der Waals surface area contributed by atoms with Gasteiger partial charge in [-0.15, -0.1) is 6.58 Å². The van der Waals surface area contributed by atoms with E-state index in [-0.39, 0.29) is 11.1 Å². The first-order chi connectivity index (χ1) is 17.2. The Morgan fingerprint density at radius 1 is 0.811 bits per heavy atom. The van der Waals surface area contributed by atoms with Crippen molar-refractivity contribution in [2.75, 3.05) is 0 Å². The van der Waals surface area contributed by atoms with Crippen LogP contribution in [0, 0.1) is 29.3 Å². The molecule has 0 saturated carbocycles. The number of halogens is 10. The number of allylic oxidation sites excluding steroid dienone is 1. The molecule has 0 aliphatic rings. The molecule has 0 unspecified atom stereocenters. The number of benzene rings is 3. The highest BCUT2D eigenvalue weighted by Crippen LogP contribution is 2.43. The van der Waals surface area contributed by atoms with Crippen molar-refractivity contribution < 1.29 is 39.9 Å². The Balaban J connectivity index is 1.88. The summed E-state index contributed by atoms with van der Waals surface area (Å²) >= 11 is 11.0. The number of alkyl halides is 5. The van der Waals surface area contributed by atoms with Crippen molar-refractivity contribution in [3.63, 3.8) is 0 Å². The van der Waals surface area contributed by atoms with Crippen LogP contribution in [0.3, 0.4) is 0 Å². The van der Waals surface area contributed by atoms with Crippen molar-refractivity contribution in [3.8, 4) is 17.6 Å². The van der Waals surface area contributed by atoms with Crippen molar-refractivity contribution in [3.05, 3.63) is 110 Å². The zero-order valence-corrected chi connectivity index (χ0v) is 19.9. The predicted octanol–water partition coefficient (Wildman–Crippen LogP) is 9.08. The van der Waals surface area contributed by atoms with E-state index in [1.165, 1.54) is 12.1 Å². The zero-order valence-electron chi connectivity index (χ0n) is 18.4. The summed E-state index contributed by atoms with van der Waals surface area (Å²) in [4.78, 5) is 0. The van der Waals surface area contributed by atoms with Crippen LogP contribution in [0.5, 0.6) is 5.75 Å². The topological polar surface area (TPSA) is 9.23 Å². The SMILES string of the molecule is C=CCCc1ccc(C#Cc2cc(F)c(C(F)(F)Oc3cc(Cl)c(C(F)(F)F)c(Cl)c3)c(F)c2)c(F)c1. The van der Waals surface area contributed by atoms with Crippen molar-refractivity contribution in [2.24, 2.45) is 0 Å². The smallest absolute Gasteiger partial charge is 0.429 e. The van der Waals surface area contributed by atoms with Crippen LogP contribution in [0.4, 0.5) is 35.1 Å². The average molecular weight is 565 g/mol. The van der Waals surface area contributed by atoms with E-state index < -0.39 is 56.7 Å². The van der Waals surface area contributed by atoms with Crippen LogP contribution in [0.15, 0.2) is 55.1 Å².